The summed E-state index contributed by atoms with van der Waals surface area (Å²) in [5.41, 5.74) is 0. The van der Waals surface area contributed by atoms with Crippen LogP contribution in [-0.4, -0.2) is 22.5 Å². The molecule has 0 aromatic heterocycles. The molecule has 0 heterocycles. The summed E-state index contributed by atoms with van der Waals surface area (Å²) in [6.07, 6.45) is -4.17. The van der Waals surface area contributed by atoms with Crippen molar-refractivity contribution < 1.29 is 71.8 Å². The third kappa shape index (κ3) is 39900. The molecule has 0 aliphatic rings. The quantitative estimate of drug-likeness (QED) is 0.510. The van der Waals surface area contributed by atoms with Gasteiger partial charge in [0.2, 0.25) is 0 Å². The Morgan fingerprint density at radius 2 is 1.11 bits per heavy atom. The van der Waals surface area contributed by atoms with Gasteiger partial charge in [-0.25, -0.2) is 4.79 Å². The smallest absolute Gasteiger partial charge is 0.503 e. The maximum atomic E-state index is 8.56. The van der Waals surface area contributed by atoms with Crippen molar-refractivity contribution in [3.05, 3.63) is 0 Å². The number of carboxylic acid groups (broad SMARTS) is 4. The minimum atomic E-state index is -2.33. The summed E-state index contributed by atoms with van der Waals surface area (Å²) in [4.78, 5) is 16.9. The molecule has 0 saturated carbocycles. The summed E-state index contributed by atoms with van der Waals surface area (Å²) >= 11 is 0. The van der Waals surface area contributed by atoms with Gasteiger partial charge in [-0.3, -0.25) is 0 Å². The van der Waals surface area contributed by atoms with E-state index in [1.54, 1.807) is 0 Å². The molecule has 0 spiro atoms. The molecule has 0 aliphatic carbocycles. The molecule has 0 bridgehead atoms. The predicted molar refractivity (Wildman–Crippen MR) is 16.0 cm³/mol. The van der Waals surface area contributed by atoms with Gasteiger partial charge in [0, 0.05) is 41.7 Å². The summed E-state index contributed by atoms with van der Waals surface area (Å²) < 4.78 is 0. The largest absolute Gasteiger partial charge is 0.652 e. The first-order valence-corrected chi connectivity index (χ1v) is 1.26. The van der Waals surface area contributed by atoms with E-state index in [0.717, 1.165) is 0 Å². The van der Waals surface area contributed by atoms with E-state index in [4.69, 9.17) is 30.0 Å². The molecule has 0 amide bonds. The van der Waals surface area contributed by atoms with Crippen LogP contribution >= 0.6 is 0 Å². The fourth-order valence-electron chi connectivity index (χ4n) is 0. The van der Waals surface area contributed by atoms with E-state index in [2.05, 4.69) is 0 Å². The van der Waals surface area contributed by atoms with Crippen LogP contribution in [0.2, 0.25) is 0 Å². The molecule has 9 heavy (non-hydrogen) atoms. The summed E-state index contributed by atoms with van der Waals surface area (Å²) in [5.74, 6) is 0. The Bertz CT molecular complexity index is 69.1. The van der Waals surface area contributed by atoms with Crippen molar-refractivity contribution in [2.45, 2.75) is 0 Å². The zero-order chi connectivity index (χ0) is 7.15. The Morgan fingerprint density at radius 3 is 1.11 bits per heavy atom. The molecule has 2 N–H and O–H groups in total. The molecule has 52 valence electrons. The molecular weight excluding hydrogens is 260 g/mol. The standard InChI is InChI=1S/2CH2O3.Ce/c2*2-1(3)4;/h2*(H2,2,3,4);/p-2. The van der Waals surface area contributed by atoms with Crippen LogP contribution < -0.4 is 10.2 Å². The zero-order valence-electron chi connectivity index (χ0n) is 4.03. The summed E-state index contributed by atoms with van der Waals surface area (Å²) in [5, 5.41) is 30.6. The average Bonchev–Trinajstić information content (AvgIpc) is 1.25. The van der Waals surface area contributed by atoms with Gasteiger partial charge in [-0.2, -0.15) is 0 Å². The van der Waals surface area contributed by atoms with Crippen molar-refractivity contribution in [3.8, 4) is 0 Å². The van der Waals surface area contributed by atoms with Gasteiger partial charge in [0.1, 0.15) is 0 Å². The molecule has 7 heteroatoms. The molecule has 0 aliphatic heterocycles. The van der Waals surface area contributed by atoms with Crippen molar-refractivity contribution in [2.75, 3.05) is 0 Å². The van der Waals surface area contributed by atoms with Crippen LogP contribution in [0.25, 0.3) is 0 Å². The Morgan fingerprint density at radius 1 is 1.11 bits per heavy atom. The Labute approximate surface area is 83.5 Å². The van der Waals surface area contributed by atoms with Crippen molar-refractivity contribution in [1.82, 2.24) is 0 Å². The molecule has 0 aromatic rings. The summed E-state index contributed by atoms with van der Waals surface area (Å²) in [7, 11) is 0. The third-order valence-electron chi connectivity index (χ3n) is 0. The van der Waals surface area contributed by atoms with Crippen LogP contribution in [0.1, 0.15) is 0 Å². The molecular formula is C2H2CeO6-2. The minimum absolute atomic E-state index is 0. The number of rotatable bonds is 0. The van der Waals surface area contributed by atoms with E-state index in [0.29, 0.717) is 0 Å². The van der Waals surface area contributed by atoms with Crippen LogP contribution in [0.3, 0.4) is 0 Å². The van der Waals surface area contributed by atoms with Gasteiger partial charge < -0.3 is 25.2 Å². The Kier molecular flexibility index (Phi) is 19.2. The van der Waals surface area contributed by atoms with Crippen LogP contribution in [0.15, 0.2) is 0 Å². The van der Waals surface area contributed by atoms with Crippen LogP contribution in [0.5, 0.6) is 0 Å². The van der Waals surface area contributed by atoms with Crippen molar-refractivity contribution in [2.24, 2.45) is 0 Å². The number of hydrogen-bond acceptors (Lipinski definition) is 4. The fraction of sp³-hybridized carbons (Fsp3) is 0. The van der Waals surface area contributed by atoms with Crippen molar-refractivity contribution in [1.29, 1.82) is 0 Å². The van der Waals surface area contributed by atoms with Gasteiger partial charge in [-0.15, -0.1) is 0 Å². The van der Waals surface area contributed by atoms with Gasteiger partial charge in [-0.1, -0.05) is 0 Å². The second kappa shape index (κ2) is 10.8. The van der Waals surface area contributed by atoms with Crippen LogP contribution in [-0.2, 0) is 0 Å². The first-order chi connectivity index (χ1) is 3.46. The molecule has 0 atom stereocenters. The number of carbonyl (C=O) groups excluding carboxylic acids is 1. The molecule has 0 unspecified atom stereocenters. The fourth-order valence-corrected chi connectivity index (χ4v) is 0. The van der Waals surface area contributed by atoms with E-state index < -0.39 is 12.3 Å². The molecule has 0 rings (SSSR count). The normalized spacial score (nSPS) is 5.33. The van der Waals surface area contributed by atoms with Crippen LogP contribution in [0.4, 0.5) is 9.59 Å². The minimum Gasteiger partial charge on any atom is -0.652 e. The van der Waals surface area contributed by atoms with Gasteiger partial charge in [0.05, 0.1) is 0 Å². The molecule has 0 radical (unpaired) electrons. The third-order valence-corrected chi connectivity index (χ3v) is 0. The molecule has 0 fully saturated rings. The topological polar surface area (TPSA) is 121 Å². The van der Waals surface area contributed by atoms with Crippen LogP contribution in [0, 0.1) is 41.7 Å². The van der Waals surface area contributed by atoms with E-state index in [9.17, 15) is 0 Å². The predicted octanol–water partition coefficient (Wildman–Crippen LogP) is -2.22. The van der Waals surface area contributed by atoms with Crippen molar-refractivity contribution in [3.63, 3.8) is 0 Å². The maximum Gasteiger partial charge on any atom is 0.503 e. The first kappa shape index (κ1) is 16.0. The van der Waals surface area contributed by atoms with Crippen molar-refractivity contribution >= 4 is 12.3 Å². The maximum absolute atomic E-state index is 8.56. The summed E-state index contributed by atoms with van der Waals surface area (Å²) in [6, 6.07) is 0. The first-order valence-electron chi connectivity index (χ1n) is 1.26. The summed E-state index contributed by atoms with van der Waals surface area (Å²) in [6.45, 7) is 0. The van der Waals surface area contributed by atoms with Gasteiger partial charge >= 0.3 is 6.16 Å². The van der Waals surface area contributed by atoms with E-state index in [-0.39, 0.29) is 41.7 Å². The average molecular weight is 262 g/mol. The second-order valence-electron chi connectivity index (χ2n) is 0.533. The monoisotopic (exact) mass is 262 g/mol. The molecule has 0 aromatic carbocycles. The van der Waals surface area contributed by atoms with Gasteiger partial charge in [-0.05, 0) is 6.16 Å². The SMILES string of the molecule is O=C(O)O.O=C([O-])[O-].[Ce]. The Balaban J connectivity index is -0.0000000720. The van der Waals surface area contributed by atoms with E-state index in [1.165, 1.54) is 0 Å². The number of carbonyl (C=O) groups is 2. The second-order valence-corrected chi connectivity index (χ2v) is 0.533. The molecule has 6 nitrogen and oxygen atoms in total. The number of hydrogen-bond donors (Lipinski definition) is 2. The van der Waals surface area contributed by atoms with Gasteiger partial charge in [0.25, 0.3) is 0 Å². The van der Waals surface area contributed by atoms with Gasteiger partial charge in [0.15, 0.2) is 0 Å². The van der Waals surface area contributed by atoms with E-state index >= 15 is 0 Å². The molecule has 0 saturated heterocycles. The van der Waals surface area contributed by atoms with E-state index in [1.807, 2.05) is 0 Å². The Hall–Kier alpha value is -0.0834. The zero-order valence-corrected chi connectivity index (χ0v) is 7.17.